The number of amides is 1. The maximum atomic E-state index is 12.4. The zero-order valence-corrected chi connectivity index (χ0v) is 16.5. The van der Waals surface area contributed by atoms with Gasteiger partial charge in [-0.2, -0.15) is 4.68 Å². The van der Waals surface area contributed by atoms with Crippen molar-refractivity contribution < 1.29 is 4.79 Å². The van der Waals surface area contributed by atoms with Gasteiger partial charge in [-0.05, 0) is 51.7 Å². The molecule has 134 valence electrons. The molecule has 1 heterocycles. The second-order valence-corrected chi connectivity index (χ2v) is 7.91. The Kier molecular flexibility index (Phi) is 5.18. The van der Waals surface area contributed by atoms with Gasteiger partial charge in [0.2, 0.25) is 0 Å². The van der Waals surface area contributed by atoms with Crippen LogP contribution in [0.25, 0.3) is 5.69 Å². The number of tetrazole rings is 1. The quantitative estimate of drug-likeness (QED) is 0.708. The molecule has 0 aliphatic rings. The molecule has 2 aromatic carbocycles. The van der Waals surface area contributed by atoms with Crippen molar-refractivity contribution in [3.63, 3.8) is 0 Å². The van der Waals surface area contributed by atoms with E-state index in [4.69, 9.17) is 0 Å². The SMILES string of the molecule is CC(C)(C)c1ccc(C(=O)NCc2nnnn2-c2cccc(Br)c2)cc1. The van der Waals surface area contributed by atoms with Crippen LogP contribution in [0.2, 0.25) is 0 Å². The Bertz CT molecular complexity index is 912. The molecular weight excluding hydrogens is 394 g/mol. The van der Waals surface area contributed by atoms with E-state index in [1.165, 1.54) is 5.56 Å². The van der Waals surface area contributed by atoms with Gasteiger partial charge >= 0.3 is 0 Å². The molecule has 0 saturated heterocycles. The lowest BCUT2D eigenvalue weighted by molar-refractivity contribution is 0.0949. The van der Waals surface area contributed by atoms with Gasteiger partial charge in [-0.1, -0.05) is 54.9 Å². The topological polar surface area (TPSA) is 72.7 Å². The molecule has 1 aromatic heterocycles. The van der Waals surface area contributed by atoms with Crippen molar-refractivity contribution in [3.05, 3.63) is 70.0 Å². The van der Waals surface area contributed by atoms with Crippen LogP contribution in [0.5, 0.6) is 0 Å². The van der Waals surface area contributed by atoms with Crippen LogP contribution in [0.15, 0.2) is 53.0 Å². The largest absolute Gasteiger partial charge is 0.345 e. The molecule has 0 spiro atoms. The minimum Gasteiger partial charge on any atom is -0.345 e. The van der Waals surface area contributed by atoms with E-state index >= 15 is 0 Å². The van der Waals surface area contributed by atoms with Crippen LogP contribution < -0.4 is 5.32 Å². The van der Waals surface area contributed by atoms with Crippen LogP contribution in [0.3, 0.4) is 0 Å². The van der Waals surface area contributed by atoms with Gasteiger partial charge in [0.15, 0.2) is 5.82 Å². The van der Waals surface area contributed by atoms with Crippen LogP contribution >= 0.6 is 15.9 Å². The number of halogens is 1. The highest BCUT2D eigenvalue weighted by molar-refractivity contribution is 9.10. The first-order valence-corrected chi connectivity index (χ1v) is 9.06. The van der Waals surface area contributed by atoms with E-state index in [2.05, 4.69) is 57.5 Å². The van der Waals surface area contributed by atoms with E-state index in [0.29, 0.717) is 11.4 Å². The molecule has 7 heteroatoms. The third kappa shape index (κ3) is 4.16. The van der Waals surface area contributed by atoms with E-state index in [-0.39, 0.29) is 17.9 Å². The molecule has 0 aliphatic heterocycles. The van der Waals surface area contributed by atoms with E-state index in [1.54, 1.807) is 4.68 Å². The van der Waals surface area contributed by atoms with E-state index in [1.807, 2.05) is 48.5 Å². The predicted octanol–water partition coefficient (Wildman–Crippen LogP) is 3.65. The Labute approximate surface area is 160 Å². The van der Waals surface area contributed by atoms with Crippen LogP contribution in [0.1, 0.15) is 42.5 Å². The van der Waals surface area contributed by atoms with Crippen molar-refractivity contribution in [1.29, 1.82) is 0 Å². The average molecular weight is 414 g/mol. The summed E-state index contributed by atoms with van der Waals surface area (Å²) in [4.78, 5) is 12.4. The lowest BCUT2D eigenvalue weighted by Gasteiger charge is -2.19. The number of benzene rings is 2. The van der Waals surface area contributed by atoms with Crippen molar-refractivity contribution in [3.8, 4) is 5.69 Å². The first kappa shape index (κ1) is 18.3. The van der Waals surface area contributed by atoms with Gasteiger partial charge in [0.1, 0.15) is 0 Å². The normalized spacial score (nSPS) is 11.4. The highest BCUT2D eigenvalue weighted by Gasteiger charge is 2.15. The zero-order chi connectivity index (χ0) is 18.7. The van der Waals surface area contributed by atoms with Gasteiger partial charge < -0.3 is 5.32 Å². The summed E-state index contributed by atoms with van der Waals surface area (Å²) in [7, 11) is 0. The van der Waals surface area contributed by atoms with Crippen LogP contribution in [-0.4, -0.2) is 26.1 Å². The van der Waals surface area contributed by atoms with Crippen LogP contribution in [-0.2, 0) is 12.0 Å². The molecule has 0 atom stereocenters. The first-order chi connectivity index (χ1) is 12.3. The summed E-state index contributed by atoms with van der Waals surface area (Å²) in [6.07, 6.45) is 0. The minimum absolute atomic E-state index is 0.0566. The molecule has 0 fully saturated rings. The Morgan fingerprint density at radius 2 is 1.88 bits per heavy atom. The summed E-state index contributed by atoms with van der Waals surface area (Å²) in [6.45, 7) is 6.66. The third-order valence-corrected chi connectivity index (χ3v) is 4.50. The maximum Gasteiger partial charge on any atom is 0.251 e. The number of nitrogens with zero attached hydrogens (tertiary/aromatic N) is 4. The summed E-state index contributed by atoms with van der Waals surface area (Å²) >= 11 is 3.43. The fourth-order valence-electron chi connectivity index (χ4n) is 2.51. The standard InChI is InChI=1S/C19H20BrN5O/c1-19(2,3)14-9-7-13(8-10-14)18(26)21-12-17-22-23-24-25(17)16-6-4-5-15(20)11-16/h4-11H,12H2,1-3H3,(H,21,26). The lowest BCUT2D eigenvalue weighted by Crippen LogP contribution is -2.25. The molecule has 0 bridgehead atoms. The van der Waals surface area contributed by atoms with Gasteiger partial charge in [-0.25, -0.2) is 0 Å². The highest BCUT2D eigenvalue weighted by atomic mass is 79.9. The molecule has 0 unspecified atom stereocenters. The first-order valence-electron chi connectivity index (χ1n) is 8.26. The molecule has 1 N–H and O–H groups in total. The average Bonchev–Trinajstić information content (AvgIpc) is 3.07. The molecule has 26 heavy (non-hydrogen) atoms. The van der Waals surface area contributed by atoms with Crippen molar-refractivity contribution in [2.24, 2.45) is 0 Å². The number of carbonyl (C=O) groups excluding carboxylic acids is 1. The third-order valence-electron chi connectivity index (χ3n) is 4.01. The molecule has 6 nitrogen and oxygen atoms in total. The van der Waals surface area contributed by atoms with Crippen LogP contribution in [0.4, 0.5) is 0 Å². The van der Waals surface area contributed by atoms with Crippen molar-refractivity contribution in [2.45, 2.75) is 32.7 Å². The fraction of sp³-hybridized carbons (Fsp3) is 0.263. The Morgan fingerprint density at radius 3 is 2.54 bits per heavy atom. The summed E-state index contributed by atoms with van der Waals surface area (Å²) in [6, 6.07) is 15.3. The second-order valence-electron chi connectivity index (χ2n) is 7.00. The number of rotatable bonds is 4. The number of carbonyl (C=O) groups is 1. The molecular formula is C19H20BrN5O. The Hall–Kier alpha value is -2.54. The summed E-state index contributed by atoms with van der Waals surface area (Å²) < 4.78 is 2.53. The number of aromatic nitrogens is 4. The minimum atomic E-state index is -0.158. The van der Waals surface area contributed by atoms with Gasteiger partial charge in [-0.3, -0.25) is 4.79 Å². The monoisotopic (exact) mass is 413 g/mol. The van der Waals surface area contributed by atoms with E-state index < -0.39 is 0 Å². The molecule has 0 saturated carbocycles. The fourth-order valence-corrected chi connectivity index (χ4v) is 2.89. The second kappa shape index (κ2) is 7.37. The Morgan fingerprint density at radius 1 is 1.15 bits per heavy atom. The summed E-state index contributed by atoms with van der Waals surface area (Å²) in [5.74, 6) is 0.400. The van der Waals surface area contributed by atoms with E-state index in [9.17, 15) is 4.79 Å². The summed E-state index contributed by atoms with van der Waals surface area (Å²) in [5, 5.41) is 14.6. The smallest absolute Gasteiger partial charge is 0.251 e. The molecule has 1 amide bonds. The lowest BCUT2D eigenvalue weighted by atomic mass is 9.87. The molecule has 0 radical (unpaired) electrons. The van der Waals surface area contributed by atoms with Gasteiger partial charge in [0.25, 0.3) is 5.91 Å². The van der Waals surface area contributed by atoms with Crippen LogP contribution in [0, 0.1) is 0 Å². The maximum absolute atomic E-state index is 12.4. The van der Waals surface area contributed by atoms with Crippen molar-refractivity contribution in [1.82, 2.24) is 25.5 Å². The van der Waals surface area contributed by atoms with Gasteiger partial charge in [0.05, 0.1) is 12.2 Å². The van der Waals surface area contributed by atoms with Crippen molar-refractivity contribution in [2.75, 3.05) is 0 Å². The molecule has 3 aromatic rings. The number of nitrogens with one attached hydrogen (secondary N) is 1. The molecule has 0 aliphatic carbocycles. The van der Waals surface area contributed by atoms with Gasteiger partial charge in [0, 0.05) is 10.0 Å². The summed E-state index contributed by atoms with van der Waals surface area (Å²) in [5.41, 5.74) is 2.68. The highest BCUT2D eigenvalue weighted by Crippen LogP contribution is 2.22. The van der Waals surface area contributed by atoms with E-state index in [0.717, 1.165) is 10.2 Å². The van der Waals surface area contributed by atoms with Gasteiger partial charge in [-0.15, -0.1) is 5.10 Å². The number of hydrogen-bond acceptors (Lipinski definition) is 4. The number of hydrogen-bond donors (Lipinski definition) is 1. The Balaban J connectivity index is 1.70. The molecule has 3 rings (SSSR count). The van der Waals surface area contributed by atoms with Crippen molar-refractivity contribution >= 4 is 21.8 Å². The zero-order valence-electron chi connectivity index (χ0n) is 14.9. The predicted molar refractivity (Wildman–Crippen MR) is 103 cm³/mol.